The van der Waals surface area contributed by atoms with Crippen LogP contribution in [0, 0.1) is 0 Å². The van der Waals surface area contributed by atoms with E-state index in [9.17, 15) is 0 Å². The number of methoxy groups -OCH3 is 1. The number of likely N-dealkylation sites (tertiary alicyclic amines) is 1. The fraction of sp³-hybridized carbons (Fsp3) is 0.625. The van der Waals surface area contributed by atoms with Crippen molar-refractivity contribution < 1.29 is 14.6 Å². The second-order valence-electron chi connectivity index (χ2n) is 5.29. The molecule has 0 saturated carbocycles. The summed E-state index contributed by atoms with van der Waals surface area (Å²) in [6.45, 7) is 3.27. The predicted octanol–water partition coefficient (Wildman–Crippen LogP) is 2.06. The summed E-state index contributed by atoms with van der Waals surface area (Å²) < 4.78 is 10.8. The Labute approximate surface area is 121 Å². The molecule has 1 aliphatic rings. The van der Waals surface area contributed by atoms with Gasteiger partial charge < -0.3 is 14.6 Å². The maximum Gasteiger partial charge on any atom is 0.119 e. The molecule has 0 radical (unpaired) electrons. The Morgan fingerprint density at radius 3 is 3.05 bits per heavy atom. The molecule has 0 unspecified atom stereocenters. The molecular weight excluding hydrogens is 254 g/mol. The largest absolute Gasteiger partial charge is 0.491 e. The third-order valence-electron chi connectivity index (χ3n) is 3.75. The summed E-state index contributed by atoms with van der Waals surface area (Å²) in [4.78, 5) is 2.50. The minimum atomic E-state index is 0.0479. The Bertz CT molecular complexity index is 395. The summed E-state index contributed by atoms with van der Waals surface area (Å²) in [7, 11) is 1.77. The third-order valence-corrected chi connectivity index (χ3v) is 3.75. The van der Waals surface area contributed by atoms with Crippen LogP contribution >= 0.6 is 0 Å². The van der Waals surface area contributed by atoms with Crippen LogP contribution in [-0.2, 0) is 11.3 Å². The summed E-state index contributed by atoms with van der Waals surface area (Å²) in [6, 6.07) is 8.66. The molecular formula is C16H25NO3. The van der Waals surface area contributed by atoms with E-state index in [2.05, 4.69) is 17.0 Å². The SMILES string of the molecule is COC[C@H]1CCCCN1Cc1cccc(OCCO)c1. The number of aliphatic hydroxyl groups excluding tert-OH is 1. The van der Waals surface area contributed by atoms with Crippen LogP contribution in [0.15, 0.2) is 24.3 Å². The van der Waals surface area contributed by atoms with E-state index < -0.39 is 0 Å². The molecule has 1 N–H and O–H groups in total. The van der Waals surface area contributed by atoms with Gasteiger partial charge in [0.05, 0.1) is 13.2 Å². The molecule has 1 aliphatic heterocycles. The van der Waals surface area contributed by atoms with Crippen molar-refractivity contribution in [2.75, 3.05) is 33.5 Å². The van der Waals surface area contributed by atoms with Crippen LogP contribution in [0.4, 0.5) is 0 Å². The Morgan fingerprint density at radius 1 is 1.35 bits per heavy atom. The second kappa shape index (κ2) is 8.25. The molecule has 1 fully saturated rings. The number of rotatable bonds is 7. The molecule has 0 aromatic heterocycles. The summed E-state index contributed by atoms with van der Waals surface area (Å²) in [5.74, 6) is 0.830. The normalized spacial score (nSPS) is 20.0. The van der Waals surface area contributed by atoms with E-state index in [-0.39, 0.29) is 6.61 Å². The lowest BCUT2D eigenvalue weighted by Crippen LogP contribution is -2.41. The smallest absolute Gasteiger partial charge is 0.119 e. The highest BCUT2D eigenvalue weighted by atomic mass is 16.5. The lowest BCUT2D eigenvalue weighted by Gasteiger charge is -2.35. The Hall–Kier alpha value is -1.10. The number of aliphatic hydroxyl groups is 1. The van der Waals surface area contributed by atoms with Gasteiger partial charge in [-0.25, -0.2) is 0 Å². The van der Waals surface area contributed by atoms with Crippen molar-refractivity contribution in [2.24, 2.45) is 0 Å². The van der Waals surface area contributed by atoms with Crippen LogP contribution in [0.25, 0.3) is 0 Å². The molecule has 0 aliphatic carbocycles. The maximum absolute atomic E-state index is 8.80. The van der Waals surface area contributed by atoms with Gasteiger partial charge in [0.2, 0.25) is 0 Å². The second-order valence-corrected chi connectivity index (χ2v) is 5.29. The van der Waals surface area contributed by atoms with Crippen molar-refractivity contribution >= 4 is 0 Å². The fourth-order valence-corrected chi connectivity index (χ4v) is 2.78. The van der Waals surface area contributed by atoms with E-state index in [0.717, 1.165) is 25.4 Å². The van der Waals surface area contributed by atoms with Crippen molar-refractivity contribution in [1.82, 2.24) is 4.90 Å². The van der Waals surface area contributed by atoms with Gasteiger partial charge in [0.25, 0.3) is 0 Å². The average Bonchev–Trinajstić information content (AvgIpc) is 2.48. The first-order chi connectivity index (χ1) is 9.83. The van der Waals surface area contributed by atoms with Crippen molar-refractivity contribution in [3.8, 4) is 5.75 Å². The monoisotopic (exact) mass is 279 g/mol. The van der Waals surface area contributed by atoms with Crippen LogP contribution in [0.3, 0.4) is 0 Å². The molecule has 1 aromatic carbocycles. The van der Waals surface area contributed by atoms with Gasteiger partial charge in [0.1, 0.15) is 12.4 Å². The first-order valence-electron chi connectivity index (χ1n) is 7.39. The van der Waals surface area contributed by atoms with Gasteiger partial charge in [-0.15, -0.1) is 0 Å². The third kappa shape index (κ3) is 4.47. The van der Waals surface area contributed by atoms with E-state index in [4.69, 9.17) is 14.6 Å². The molecule has 0 amide bonds. The van der Waals surface area contributed by atoms with Crippen LogP contribution in [0.5, 0.6) is 5.75 Å². The first-order valence-corrected chi connectivity index (χ1v) is 7.39. The summed E-state index contributed by atoms with van der Waals surface area (Å²) in [5, 5.41) is 8.80. The molecule has 1 aromatic rings. The number of piperidine rings is 1. The number of hydrogen-bond acceptors (Lipinski definition) is 4. The summed E-state index contributed by atoms with van der Waals surface area (Å²) >= 11 is 0. The van der Waals surface area contributed by atoms with Gasteiger partial charge in [0, 0.05) is 19.7 Å². The van der Waals surface area contributed by atoms with Crippen LogP contribution < -0.4 is 4.74 Å². The molecule has 4 nitrogen and oxygen atoms in total. The molecule has 2 rings (SSSR count). The summed E-state index contributed by atoms with van der Waals surface area (Å²) in [5.41, 5.74) is 1.25. The van der Waals surface area contributed by atoms with Crippen LogP contribution in [-0.4, -0.2) is 49.5 Å². The molecule has 4 heteroatoms. The zero-order valence-electron chi connectivity index (χ0n) is 12.3. The van der Waals surface area contributed by atoms with Crippen molar-refractivity contribution in [1.29, 1.82) is 0 Å². The van der Waals surface area contributed by atoms with Crippen LogP contribution in [0.1, 0.15) is 24.8 Å². The minimum Gasteiger partial charge on any atom is -0.491 e. The minimum absolute atomic E-state index is 0.0479. The summed E-state index contributed by atoms with van der Waals surface area (Å²) in [6.07, 6.45) is 3.78. The Morgan fingerprint density at radius 2 is 2.25 bits per heavy atom. The zero-order valence-corrected chi connectivity index (χ0v) is 12.3. The van der Waals surface area contributed by atoms with Gasteiger partial charge in [-0.3, -0.25) is 4.90 Å². The fourth-order valence-electron chi connectivity index (χ4n) is 2.78. The molecule has 1 saturated heterocycles. The van der Waals surface area contributed by atoms with Crippen molar-refractivity contribution in [3.63, 3.8) is 0 Å². The van der Waals surface area contributed by atoms with E-state index in [1.165, 1.54) is 24.8 Å². The van der Waals surface area contributed by atoms with Gasteiger partial charge in [-0.05, 0) is 37.1 Å². The molecule has 1 heterocycles. The lowest BCUT2D eigenvalue weighted by molar-refractivity contribution is 0.0600. The quantitative estimate of drug-likeness (QED) is 0.829. The topological polar surface area (TPSA) is 41.9 Å². The Balaban J connectivity index is 1.96. The van der Waals surface area contributed by atoms with E-state index >= 15 is 0 Å². The van der Waals surface area contributed by atoms with E-state index in [0.29, 0.717) is 12.6 Å². The molecule has 20 heavy (non-hydrogen) atoms. The molecule has 1 atom stereocenters. The van der Waals surface area contributed by atoms with Gasteiger partial charge in [-0.2, -0.15) is 0 Å². The number of hydrogen-bond donors (Lipinski definition) is 1. The van der Waals surface area contributed by atoms with Crippen LogP contribution in [0.2, 0.25) is 0 Å². The highest BCUT2D eigenvalue weighted by molar-refractivity contribution is 5.28. The highest BCUT2D eigenvalue weighted by Gasteiger charge is 2.22. The first kappa shape index (κ1) is 15.3. The molecule has 0 bridgehead atoms. The van der Waals surface area contributed by atoms with Crippen molar-refractivity contribution in [2.45, 2.75) is 31.8 Å². The van der Waals surface area contributed by atoms with Gasteiger partial charge >= 0.3 is 0 Å². The predicted molar refractivity (Wildman–Crippen MR) is 78.9 cm³/mol. The standard InChI is InChI=1S/C16H25NO3/c1-19-13-15-6-2-3-8-17(15)12-14-5-4-7-16(11-14)20-10-9-18/h4-5,7,11,15,18H,2-3,6,8-10,12-13H2,1H3/t15-/m1/s1. The number of benzene rings is 1. The van der Waals surface area contributed by atoms with Crippen molar-refractivity contribution in [3.05, 3.63) is 29.8 Å². The average molecular weight is 279 g/mol. The molecule has 112 valence electrons. The maximum atomic E-state index is 8.80. The van der Waals surface area contributed by atoms with Gasteiger partial charge in [-0.1, -0.05) is 18.6 Å². The zero-order chi connectivity index (χ0) is 14.2. The van der Waals surface area contributed by atoms with E-state index in [1.807, 2.05) is 12.1 Å². The lowest BCUT2D eigenvalue weighted by atomic mass is 10.0. The molecule has 0 spiro atoms. The van der Waals surface area contributed by atoms with Gasteiger partial charge in [0.15, 0.2) is 0 Å². The number of ether oxygens (including phenoxy) is 2. The highest BCUT2D eigenvalue weighted by Crippen LogP contribution is 2.21. The van der Waals surface area contributed by atoms with E-state index in [1.54, 1.807) is 7.11 Å². The number of nitrogens with zero attached hydrogens (tertiary/aromatic N) is 1. The Kier molecular flexibility index (Phi) is 6.30.